The molecule has 6 nitrogen and oxygen atoms in total. The normalized spacial score (nSPS) is 13.7. The number of hydrogen-bond acceptors (Lipinski definition) is 5. The minimum atomic E-state index is -0.805. The van der Waals surface area contributed by atoms with Crippen LogP contribution in [0.2, 0.25) is 0 Å². The maximum absolute atomic E-state index is 13.2. The first-order valence-corrected chi connectivity index (χ1v) is 28.7. The number of ether oxygens (including phenoxy) is 1. The van der Waals surface area contributed by atoms with Crippen LogP contribution in [0.1, 0.15) is 278 Å². The molecular formula is C61H109NO5. The van der Waals surface area contributed by atoms with Crippen molar-refractivity contribution in [3.8, 4) is 0 Å². The largest absolute Gasteiger partial charge is 0.462 e. The van der Waals surface area contributed by atoms with Gasteiger partial charge in [-0.1, -0.05) is 248 Å². The van der Waals surface area contributed by atoms with Gasteiger partial charge >= 0.3 is 5.97 Å². The van der Waals surface area contributed by atoms with Gasteiger partial charge in [-0.05, 0) is 89.9 Å². The third kappa shape index (κ3) is 49.5. The highest BCUT2D eigenvalue weighted by Crippen LogP contribution is 2.17. The molecule has 0 saturated carbocycles. The van der Waals surface area contributed by atoms with Crippen molar-refractivity contribution in [2.45, 2.75) is 296 Å². The maximum Gasteiger partial charge on any atom is 0.306 e. The van der Waals surface area contributed by atoms with Crippen molar-refractivity contribution < 1.29 is 24.5 Å². The summed E-state index contributed by atoms with van der Waals surface area (Å²) in [6.07, 6.45) is 69.7. The number of nitrogens with one attached hydrogen (secondary N) is 1. The quantitative estimate of drug-likeness (QED) is 0.0321. The molecule has 0 heterocycles. The van der Waals surface area contributed by atoms with E-state index < -0.39 is 18.2 Å². The summed E-state index contributed by atoms with van der Waals surface area (Å²) < 4.78 is 5.93. The Morgan fingerprint density at radius 1 is 0.448 bits per heavy atom. The summed E-state index contributed by atoms with van der Waals surface area (Å²) in [6.45, 7) is 6.36. The molecule has 0 aliphatic carbocycles. The molecule has 0 fully saturated rings. The van der Waals surface area contributed by atoms with Gasteiger partial charge in [0.25, 0.3) is 0 Å². The molecule has 0 aromatic carbocycles. The van der Waals surface area contributed by atoms with Gasteiger partial charge in [0, 0.05) is 6.42 Å². The molecule has 0 rings (SSSR count). The molecule has 0 saturated heterocycles. The Bertz CT molecular complexity index is 1230. The van der Waals surface area contributed by atoms with Gasteiger partial charge in [-0.25, -0.2) is 0 Å². The zero-order chi connectivity index (χ0) is 48.8. The van der Waals surface area contributed by atoms with Crippen molar-refractivity contribution in [3.63, 3.8) is 0 Å². The summed E-state index contributed by atoms with van der Waals surface area (Å²) in [4.78, 5) is 26.3. The van der Waals surface area contributed by atoms with Crippen LogP contribution in [0.3, 0.4) is 0 Å². The first-order chi connectivity index (χ1) is 33.0. The van der Waals surface area contributed by atoms with E-state index in [1.807, 2.05) is 0 Å². The standard InChI is InChI=1S/C61H109NO5/c1-4-7-10-13-16-19-22-25-27-29-30-32-34-36-39-42-45-48-51-54-61(66)67-57(52-49-46-43-40-37-35-33-31-28-26-23-20-17-14-11-8-5-2)55-60(65)62-58(56-63)59(64)53-50-47-44-41-38-24-21-18-15-12-9-6-3/h8,11,17,20,25-28,33,35,40,43,57-59,63-64H,4-7,9-10,12-16,18-19,21-24,29-32,34,36-39,41-42,44-56H2,1-3H3,(H,62,65)/b11-8-,20-17-,27-25+,28-26-,35-33-,43-40-. The van der Waals surface area contributed by atoms with Crippen LogP contribution in [0.15, 0.2) is 72.9 Å². The predicted octanol–water partition coefficient (Wildman–Crippen LogP) is 17.7. The SMILES string of the molecule is CC/C=C\C/C=C\C/C=C\C/C=C\C/C=C\CCCC(CC(=O)NC(CO)C(O)CCCCCCCCCCCCCC)OC(=O)CCCCCCCCCCC/C=C/CCCCCCCC. The Hall–Kier alpha value is -2.70. The van der Waals surface area contributed by atoms with Crippen LogP contribution in [-0.4, -0.2) is 46.9 Å². The van der Waals surface area contributed by atoms with Crippen LogP contribution in [0, 0.1) is 0 Å². The predicted molar refractivity (Wildman–Crippen MR) is 291 cm³/mol. The number of allylic oxidation sites excluding steroid dienone is 12. The number of hydrogen-bond donors (Lipinski definition) is 3. The molecule has 0 spiro atoms. The van der Waals surface area contributed by atoms with E-state index >= 15 is 0 Å². The van der Waals surface area contributed by atoms with Gasteiger partial charge in [-0.15, -0.1) is 0 Å². The zero-order valence-corrected chi connectivity index (χ0v) is 44.3. The van der Waals surface area contributed by atoms with Crippen molar-refractivity contribution in [1.82, 2.24) is 5.32 Å². The second-order valence-electron chi connectivity index (χ2n) is 19.3. The first-order valence-electron chi connectivity index (χ1n) is 28.7. The number of carbonyl (C=O) groups is 2. The molecule has 0 aromatic rings. The smallest absolute Gasteiger partial charge is 0.306 e. The average molecular weight is 937 g/mol. The summed E-state index contributed by atoms with van der Waals surface area (Å²) >= 11 is 0. The topological polar surface area (TPSA) is 95.9 Å². The van der Waals surface area contributed by atoms with Crippen molar-refractivity contribution in [1.29, 1.82) is 0 Å². The van der Waals surface area contributed by atoms with Gasteiger partial charge in [0.05, 0.1) is 25.2 Å². The Morgan fingerprint density at radius 2 is 0.821 bits per heavy atom. The molecule has 0 radical (unpaired) electrons. The minimum absolute atomic E-state index is 0.0364. The number of esters is 1. The third-order valence-electron chi connectivity index (χ3n) is 12.8. The fourth-order valence-corrected chi connectivity index (χ4v) is 8.46. The van der Waals surface area contributed by atoms with E-state index in [-0.39, 0.29) is 24.9 Å². The lowest BCUT2D eigenvalue weighted by Gasteiger charge is -2.24. The fourth-order valence-electron chi connectivity index (χ4n) is 8.46. The molecule has 6 heteroatoms. The van der Waals surface area contributed by atoms with Gasteiger partial charge in [0.15, 0.2) is 0 Å². The molecule has 388 valence electrons. The highest BCUT2D eigenvalue weighted by atomic mass is 16.5. The lowest BCUT2D eigenvalue weighted by Crippen LogP contribution is -2.46. The van der Waals surface area contributed by atoms with E-state index in [0.717, 1.165) is 83.5 Å². The Kier molecular flexibility index (Phi) is 52.1. The van der Waals surface area contributed by atoms with E-state index in [2.05, 4.69) is 99.0 Å². The van der Waals surface area contributed by atoms with Crippen molar-refractivity contribution in [2.24, 2.45) is 0 Å². The number of rotatable bonds is 51. The lowest BCUT2D eigenvalue weighted by molar-refractivity contribution is -0.151. The molecule has 1 amide bonds. The van der Waals surface area contributed by atoms with Gasteiger partial charge < -0.3 is 20.3 Å². The van der Waals surface area contributed by atoms with Gasteiger partial charge in [0.1, 0.15) is 6.10 Å². The van der Waals surface area contributed by atoms with Crippen LogP contribution in [0.4, 0.5) is 0 Å². The average Bonchev–Trinajstić information content (AvgIpc) is 3.32. The number of unbranched alkanes of at least 4 members (excludes halogenated alkanes) is 27. The summed E-state index contributed by atoms with van der Waals surface area (Å²) in [5, 5.41) is 23.8. The van der Waals surface area contributed by atoms with Crippen molar-refractivity contribution >= 4 is 11.9 Å². The summed E-state index contributed by atoms with van der Waals surface area (Å²) in [7, 11) is 0. The number of carbonyl (C=O) groups excluding carboxylic acids is 2. The van der Waals surface area contributed by atoms with Crippen LogP contribution in [0.25, 0.3) is 0 Å². The molecule has 67 heavy (non-hydrogen) atoms. The van der Waals surface area contributed by atoms with E-state index in [1.165, 1.54) is 148 Å². The highest BCUT2D eigenvalue weighted by Gasteiger charge is 2.24. The van der Waals surface area contributed by atoms with Crippen LogP contribution < -0.4 is 5.32 Å². The monoisotopic (exact) mass is 936 g/mol. The third-order valence-corrected chi connectivity index (χ3v) is 12.8. The molecule has 0 aromatic heterocycles. The molecule has 3 unspecified atom stereocenters. The van der Waals surface area contributed by atoms with E-state index in [4.69, 9.17) is 4.74 Å². The van der Waals surface area contributed by atoms with E-state index in [0.29, 0.717) is 19.3 Å². The lowest BCUT2D eigenvalue weighted by atomic mass is 10.0. The van der Waals surface area contributed by atoms with Crippen molar-refractivity contribution in [2.75, 3.05) is 6.61 Å². The molecule has 3 atom stereocenters. The zero-order valence-electron chi connectivity index (χ0n) is 44.3. The second kappa shape index (κ2) is 54.2. The molecule has 0 aliphatic heterocycles. The molecular weight excluding hydrogens is 827 g/mol. The first kappa shape index (κ1) is 64.3. The fraction of sp³-hybridized carbons (Fsp3) is 0.770. The van der Waals surface area contributed by atoms with Gasteiger partial charge in [-0.2, -0.15) is 0 Å². The molecule has 0 bridgehead atoms. The molecule has 3 N–H and O–H groups in total. The minimum Gasteiger partial charge on any atom is -0.462 e. The second-order valence-corrected chi connectivity index (χ2v) is 19.3. The van der Waals surface area contributed by atoms with Crippen LogP contribution in [-0.2, 0) is 14.3 Å². The van der Waals surface area contributed by atoms with Gasteiger partial charge in [0.2, 0.25) is 5.91 Å². The summed E-state index contributed by atoms with van der Waals surface area (Å²) in [6, 6.07) is -0.723. The Balaban J connectivity index is 4.64. The highest BCUT2D eigenvalue weighted by molar-refractivity contribution is 5.77. The van der Waals surface area contributed by atoms with E-state index in [9.17, 15) is 19.8 Å². The maximum atomic E-state index is 13.2. The number of aliphatic hydroxyl groups excluding tert-OH is 2. The van der Waals surface area contributed by atoms with Gasteiger partial charge in [-0.3, -0.25) is 9.59 Å². The Labute approximate surface area is 415 Å². The number of aliphatic hydroxyl groups is 2. The van der Waals surface area contributed by atoms with Crippen molar-refractivity contribution in [3.05, 3.63) is 72.9 Å². The van der Waals surface area contributed by atoms with Crippen LogP contribution >= 0.6 is 0 Å². The summed E-state index contributed by atoms with van der Waals surface area (Å²) in [5.74, 6) is -0.528. The van der Waals surface area contributed by atoms with Crippen LogP contribution in [0.5, 0.6) is 0 Å². The number of amides is 1. The van der Waals surface area contributed by atoms with E-state index in [1.54, 1.807) is 0 Å². The molecule has 0 aliphatic rings. The Morgan fingerprint density at radius 3 is 1.27 bits per heavy atom. The summed E-state index contributed by atoms with van der Waals surface area (Å²) in [5.41, 5.74) is 0.